The van der Waals surface area contributed by atoms with Gasteiger partial charge in [0.25, 0.3) is 0 Å². The third-order valence-corrected chi connectivity index (χ3v) is 4.05. The van der Waals surface area contributed by atoms with E-state index >= 15 is 0 Å². The summed E-state index contributed by atoms with van der Waals surface area (Å²) in [5.74, 6) is 0.906. The van der Waals surface area contributed by atoms with Gasteiger partial charge in [0.15, 0.2) is 0 Å². The number of carbonyl (C=O) groups is 1. The Bertz CT molecular complexity index is 241. The molecule has 0 aromatic rings. The first-order chi connectivity index (χ1) is 9.19. The molecule has 19 heavy (non-hydrogen) atoms. The highest BCUT2D eigenvalue weighted by molar-refractivity contribution is 5.76. The molecule has 0 aromatic heterocycles. The van der Waals surface area contributed by atoms with E-state index in [1.807, 2.05) is 0 Å². The average molecular weight is 268 g/mol. The molecule has 3 heteroatoms. The van der Waals surface area contributed by atoms with E-state index in [1.165, 1.54) is 38.5 Å². The fraction of sp³-hybridized carbons (Fsp3) is 0.938. The number of nitrogens with zero attached hydrogens (tertiary/aromatic N) is 1. The number of hydrogen-bond acceptors (Lipinski definition) is 2. The predicted molar refractivity (Wildman–Crippen MR) is 80.9 cm³/mol. The van der Waals surface area contributed by atoms with E-state index < -0.39 is 0 Å². The zero-order valence-corrected chi connectivity index (χ0v) is 12.9. The van der Waals surface area contributed by atoms with Gasteiger partial charge < -0.3 is 10.6 Å². The molecule has 1 atom stereocenters. The van der Waals surface area contributed by atoms with E-state index in [0.717, 1.165) is 25.9 Å². The predicted octanol–water partition coefficient (Wildman–Crippen LogP) is 3.32. The molecule has 0 aliphatic heterocycles. The molecule has 0 aromatic carbocycles. The Morgan fingerprint density at radius 3 is 2.05 bits per heavy atom. The summed E-state index contributed by atoms with van der Waals surface area (Å²) in [6.45, 7) is 6.25. The molecule has 1 unspecified atom stereocenters. The summed E-state index contributed by atoms with van der Waals surface area (Å²) < 4.78 is 0. The summed E-state index contributed by atoms with van der Waals surface area (Å²) in [5, 5.41) is 0. The molecule has 1 fully saturated rings. The van der Waals surface area contributed by atoms with Gasteiger partial charge in [0.05, 0.1) is 0 Å². The van der Waals surface area contributed by atoms with E-state index in [1.54, 1.807) is 0 Å². The van der Waals surface area contributed by atoms with Gasteiger partial charge in [-0.05, 0) is 31.6 Å². The van der Waals surface area contributed by atoms with Crippen LogP contribution in [0.3, 0.4) is 0 Å². The molecule has 1 amide bonds. The molecule has 3 nitrogen and oxygen atoms in total. The number of unbranched alkanes of at least 4 members (excludes halogenated alkanes) is 4. The summed E-state index contributed by atoms with van der Waals surface area (Å²) in [6, 6.07) is 0.104. The Hall–Kier alpha value is -0.570. The number of nitrogens with two attached hydrogens (primary N) is 1. The van der Waals surface area contributed by atoms with Crippen molar-refractivity contribution in [1.29, 1.82) is 0 Å². The highest BCUT2D eigenvalue weighted by Crippen LogP contribution is 2.33. The third kappa shape index (κ3) is 6.95. The molecular weight excluding hydrogens is 236 g/mol. The van der Waals surface area contributed by atoms with Crippen LogP contribution >= 0.6 is 0 Å². The minimum atomic E-state index is 0.104. The van der Waals surface area contributed by atoms with Crippen LogP contribution in [0.5, 0.6) is 0 Å². The fourth-order valence-corrected chi connectivity index (χ4v) is 2.49. The van der Waals surface area contributed by atoms with Crippen molar-refractivity contribution < 1.29 is 4.79 Å². The number of rotatable bonds is 11. The van der Waals surface area contributed by atoms with Gasteiger partial charge in [-0.1, -0.05) is 39.5 Å². The van der Waals surface area contributed by atoms with Gasteiger partial charge in [0.2, 0.25) is 5.91 Å². The lowest BCUT2D eigenvalue weighted by Crippen LogP contribution is -2.38. The Morgan fingerprint density at radius 1 is 1.11 bits per heavy atom. The van der Waals surface area contributed by atoms with Crippen LogP contribution < -0.4 is 5.73 Å². The van der Waals surface area contributed by atoms with Gasteiger partial charge in [0, 0.05) is 25.6 Å². The SMILES string of the molecule is CCCCCN(CCCCC)C(=O)CC(N)C1CC1. The second-order valence-electron chi connectivity index (χ2n) is 6.00. The van der Waals surface area contributed by atoms with Crippen LogP contribution in [-0.2, 0) is 4.79 Å². The van der Waals surface area contributed by atoms with Crippen molar-refractivity contribution >= 4 is 5.91 Å². The van der Waals surface area contributed by atoms with Crippen LogP contribution in [0.2, 0.25) is 0 Å². The first-order valence-corrected chi connectivity index (χ1v) is 8.22. The van der Waals surface area contributed by atoms with Crippen molar-refractivity contribution in [2.24, 2.45) is 11.7 Å². The largest absolute Gasteiger partial charge is 0.343 e. The summed E-state index contributed by atoms with van der Waals surface area (Å²) in [7, 11) is 0. The second-order valence-corrected chi connectivity index (χ2v) is 6.00. The molecule has 1 aliphatic rings. The molecular formula is C16H32N2O. The van der Waals surface area contributed by atoms with Crippen molar-refractivity contribution in [1.82, 2.24) is 4.90 Å². The molecule has 0 heterocycles. The summed E-state index contributed by atoms with van der Waals surface area (Å²) in [4.78, 5) is 14.4. The second kappa shape index (κ2) is 9.35. The Morgan fingerprint density at radius 2 is 1.63 bits per heavy atom. The maximum Gasteiger partial charge on any atom is 0.224 e. The minimum absolute atomic E-state index is 0.104. The van der Waals surface area contributed by atoms with Gasteiger partial charge in [-0.15, -0.1) is 0 Å². The van der Waals surface area contributed by atoms with E-state index in [-0.39, 0.29) is 11.9 Å². The van der Waals surface area contributed by atoms with Crippen molar-refractivity contribution in [2.45, 2.75) is 77.7 Å². The third-order valence-electron chi connectivity index (χ3n) is 4.05. The van der Waals surface area contributed by atoms with Gasteiger partial charge in [-0.25, -0.2) is 0 Å². The van der Waals surface area contributed by atoms with Crippen LogP contribution in [0.4, 0.5) is 0 Å². The lowest BCUT2D eigenvalue weighted by atomic mass is 10.1. The molecule has 0 bridgehead atoms. The van der Waals surface area contributed by atoms with E-state index in [2.05, 4.69) is 18.7 Å². The number of carbonyl (C=O) groups excluding carboxylic acids is 1. The molecule has 0 radical (unpaired) electrons. The minimum Gasteiger partial charge on any atom is -0.343 e. The van der Waals surface area contributed by atoms with Crippen LogP contribution in [0.25, 0.3) is 0 Å². The van der Waals surface area contributed by atoms with Gasteiger partial charge in [-0.2, -0.15) is 0 Å². The summed E-state index contributed by atoms with van der Waals surface area (Å²) in [6.07, 6.45) is 10.1. The number of hydrogen-bond donors (Lipinski definition) is 1. The van der Waals surface area contributed by atoms with E-state index in [4.69, 9.17) is 5.73 Å². The van der Waals surface area contributed by atoms with Crippen LogP contribution in [0, 0.1) is 5.92 Å². The summed E-state index contributed by atoms with van der Waals surface area (Å²) in [5.41, 5.74) is 6.08. The molecule has 1 saturated carbocycles. The highest BCUT2D eigenvalue weighted by atomic mass is 16.2. The lowest BCUT2D eigenvalue weighted by molar-refractivity contribution is -0.131. The van der Waals surface area contributed by atoms with Crippen LogP contribution in [0.15, 0.2) is 0 Å². The smallest absolute Gasteiger partial charge is 0.224 e. The van der Waals surface area contributed by atoms with E-state index in [9.17, 15) is 4.79 Å². The van der Waals surface area contributed by atoms with Crippen LogP contribution in [0.1, 0.15) is 71.6 Å². The van der Waals surface area contributed by atoms with Crippen molar-refractivity contribution in [3.63, 3.8) is 0 Å². The molecule has 112 valence electrons. The van der Waals surface area contributed by atoms with Crippen molar-refractivity contribution in [2.75, 3.05) is 13.1 Å². The van der Waals surface area contributed by atoms with Gasteiger partial charge >= 0.3 is 0 Å². The highest BCUT2D eigenvalue weighted by Gasteiger charge is 2.30. The first kappa shape index (κ1) is 16.5. The fourth-order valence-electron chi connectivity index (χ4n) is 2.49. The zero-order chi connectivity index (χ0) is 14.1. The zero-order valence-electron chi connectivity index (χ0n) is 12.9. The van der Waals surface area contributed by atoms with Gasteiger partial charge in [-0.3, -0.25) is 4.79 Å². The maximum atomic E-state index is 12.3. The lowest BCUT2D eigenvalue weighted by Gasteiger charge is -2.24. The molecule has 0 saturated heterocycles. The average Bonchev–Trinajstić information content (AvgIpc) is 3.21. The first-order valence-electron chi connectivity index (χ1n) is 8.22. The molecule has 2 N–H and O–H groups in total. The molecule has 1 aliphatic carbocycles. The monoisotopic (exact) mass is 268 g/mol. The van der Waals surface area contributed by atoms with Crippen molar-refractivity contribution in [3.05, 3.63) is 0 Å². The Balaban J connectivity index is 2.32. The number of amides is 1. The molecule has 0 spiro atoms. The van der Waals surface area contributed by atoms with Crippen molar-refractivity contribution in [3.8, 4) is 0 Å². The van der Waals surface area contributed by atoms with Gasteiger partial charge in [0.1, 0.15) is 0 Å². The maximum absolute atomic E-state index is 12.3. The summed E-state index contributed by atoms with van der Waals surface area (Å²) >= 11 is 0. The van der Waals surface area contributed by atoms with Crippen LogP contribution in [-0.4, -0.2) is 29.9 Å². The topological polar surface area (TPSA) is 46.3 Å². The molecule has 1 rings (SSSR count). The quantitative estimate of drug-likeness (QED) is 0.584. The Kier molecular flexibility index (Phi) is 8.11. The standard InChI is InChI=1S/C16H32N2O/c1-3-5-7-11-18(12-8-6-4-2)16(19)13-15(17)14-9-10-14/h14-15H,3-13,17H2,1-2H3. The van der Waals surface area contributed by atoms with E-state index in [0.29, 0.717) is 12.3 Å². The normalized spacial score (nSPS) is 16.4. The Labute approximate surface area is 118 Å².